The number of nitrogens with zero attached hydrogens (tertiary/aromatic N) is 2. The van der Waals surface area contributed by atoms with Crippen LogP contribution in [-0.4, -0.2) is 33.5 Å². The Hall–Kier alpha value is -4.46. The minimum atomic E-state index is -1.03. The van der Waals surface area contributed by atoms with Crippen molar-refractivity contribution in [3.8, 4) is 5.69 Å². The van der Waals surface area contributed by atoms with E-state index in [0.29, 0.717) is 17.1 Å². The van der Waals surface area contributed by atoms with Crippen LogP contribution in [0.15, 0.2) is 72.4 Å². The number of aromatic carboxylic acids is 1. The van der Waals surface area contributed by atoms with Gasteiger partial charge in [-0.2, -0.15) is 0 Å². The molecule has 0 atom stereocenters. The van der Waals surface area contributed by atoms with Gasteiger partial charge < -0.3 is 9.67 Å². The Bertz CT molecular complexity index is 1250. The van der Waals surface area contributed by atoms with E-state index in [2.05, 4.69) is 5.32 Å². The van der Waals surface area contributed by atoms with Crippen molar-refractivity contribution in [1.29, 1.82) is 0 Å². The number of carbonyl (C=O) groups is 4. The molecule has 1 aliphatic rings. The highest BCUT2D eigenvalue weighted by molar-refractivity contribution is 6.39. The van der Waals surface area contributed by atoms with E-state index in [4.69, 9.17) is 5.11 Å². The van der Waals surface area contributed by atoms with Crippen molar-refractivity contribution in [2.75, 3.05) is 4.90 Å². The molecule has 2 aromatic carbocycles. The van der Waals surface area contributed by atoms with Gasteiger partial charge in [-0.1, -0.05) is 19.1 Å². The first-order chi connectivity index (χ1) is 15.4. The molecule has 0 saturated carbocycles. The molecule has 0 spiro atoms. The number of hydrogen-bond donors (Lipinski definition) is 2. The Labute approximate surface area is 183 Å². The molecule has 4 rings (SSSR count). The summed E-state index contributed by atoms with van der Waals surface area (Å²) >= 11 is 0. The Kier molecular flexibility index (Phi) is 5.43. The molecular formula is C24H19N3O5. The summed E-state index contributed by atoms with van der Waals surface area (Å²) in [7, 11) is 0. The molecule has 0 radical (unpaired) electrons. The minimum Gasteiger partial charge on any atom is -0.478 e. The Balaban J connectivity index is 1.70. The van der Waals surface area contributed by atoms with Gasteiger partial charge >= 0.3 is 12.0 Å². The Morgan fingerprint density at radius 3 is 2.25 bits per heavy atom. The third-order valence-corrected chi connectivity index (χ3v) is 5.17. The SMILES string of the molecule is CCc1ccc(N2C(=O)NC(=O)/C(=C\c3cccn3-c3ccc(C(=O)O)cc3)C2=O)cc1. The lowest BCUT2D eigenvalue weighted by Crippen LogP contribution is -2.54. The van der Waals surface area contributed by atoms with Crippen molar-refractivity contribution in [2.24, 2.45) is 0 Å². The quantitative estimate of drug-likeness (QED) is 0.477. The van der Waals surface area contributed by atoms with E-state index in [-0.39, 0.29) is 11.1 Å². The van der Waals surface area contributed by atoms with Gasteiger partial charge in [-0.3, -0.25) is 14.9 Å². The van der Waals surface area contributed by atoms with Crippen molar-refractivity contribution >= 4 is 35.6 Å². The zero-order valence-electron chi connectivity index (χ0n) is 17.1. The van der Waals surface area contributed by atoms with E-state index in [1.165, 1.54) is 18.2 Å². The van der Waals surface area contributed by atoms with Crippen LogP contribution in [-0.2, 0) is 16.0 Å². The number of amides is 4. The Morgan fingerprint density at radius 2 is 1.62 bits per heavy atom. The summed E-state index contributed by atoms with van der Waals surface area (Å²) in [6, 6.07) is 15.8. The van der Waals surface area contributed by atoms with E-state index in [1.807, 2.05) is 19.1 Å². The zero-order valence-corrected chi connectivity index (χ0v) is 17.1. The molecule has 3 aromatic rings. The first-order valence-electron chi connectivity index (χ1n) is 9.90. The van der Waals surface area contributed by atoms with Crippen LogP contribution in [0.3, 0.4) is 0 Å². The summed E-state index contributed by atoms with van der Waals surface area (Å²) < 4.78 is 1.70. The number of carboxylic acids is 1. The number of nitrogens with one attached hydrogen (secondary N) is 1. The molecule has 1 saturated heterocycles. The summed E-state index contributed by atoms with van der Waals surface area (Å²) in [4.78, 5) is 50.0. The highest BCUT2D eigenvalue weighted by Crippen LogP contribution is 2.23. The number of anilines is 1. The molecule has 8 heteroatoms. The van der Waals surface area contributed by atoms with Crippen LogP contribution >= 0.6 is 0 Å². The molecule has 2 heterocycles. The molecule has 0 unspecified atom stereocenters. The number of hydrogen-bond acceptors (Lipinski definition) is 4. The lowest BCUT2D eigenvalue weighted by molar-refractivity contribution is -0.122. The molecule has 32 heavy (non-hydrogen) atoms. The topological polar surface area (TPSA) is 109 Å². The second-order valence-electron chi connectivity index (χ2n) is 7.13. The number of urea groups is 1. The predicted octanol–water partition coefficient (Wildman–Crippen LogP) is 3.40. The Morgan fingerprint density at radius 1 is 0.969 bits per heavy atom. The van der Waals surface area contributed by atoms with E-state index in [1.54, 1.807) is 47.2 Å². The molecule has 8 nitrogen and oxygen atoms in total. The van der Waals surface area contributed by atoms with Crippen LogP contribution in [0, 0.1) is 0 Å². The van der Waals surface area contributed by atoms with Crippen LogP contribution in [0.5, 0.6) is 0 Å². The van der Waals surface area contributed by atoms with E-state index >= 15 is 0 Å². The number of aryl methyl sites for hydroxylation is 1. The van der Waals surface area contributed by atoms with Gasteiger partial charge in [0.15, 0.2) is 0 Å². The van der Waals surface area contributed by atoms with Gasteiger partial charge in [-0.15, -0.1) is 0 Å². The highest BCUT2D eigenvalue weighted by Gasteiger charge is 2.37. The zero-order chi connectivity index (χ0) is 22.8. The van der Waals surface area contributed by atoms with E-state index < -0.39 is 23.8 Å². The standard InChI is InChI=1S/C24H19N3O5/c1-2-15-5-9-18(10-6-15)27-22(29)20(21(28)25-24(27)32)14-19-4-3-13-26(19)17-11-7-16(8-12-17)23(30)31/h3-14H,2H2,1H3,(H,30,31)(H,25,28,32)/b20-14+. The van der Waals surface area contributed by atoms with Gasteiger partial charge in [0, 0.05) is 17.6 Å². The molecule has 160 valence electrons. The fourth-order valence-electron chi connectivity index (χ4n) is 3.43. The lowest BCUT2D eigenvalue weighted by Gasteiger charge is -2.26. The number of benzene rings is 2. The number of aromatic nitrogens is 1. The molecule has 1 fully saturated rings. The van der Waals surface area contributed by atoms with E-state index in [9.17, 15) is 19.2 Å². The number of carbonyl (C=O) groups excluding carboxylic acids is 3. The number of barbiturate groups is 1. The summed E-state index contributed by atoms with van der Waals surface area (Å²) in [5, 5.41) is 11.3. The smallest absolute Gasteiger partial charge is 0.335 e. The molecular weight excluding hydrogens is 410 g/mol. The highest BCUT2D eigenvalue weighted by atomic mass is 16.4. The summed E-state index contributed by atoms with van der Waals surface area (Å²) in [5.74, 6) is -2.54. The molecule has 0 bridgehead atoms. The maximum absolute atomic E-state index is 13.1. The van der Waals surface area contributed by atoms with Gasteiger partial charge in [0.1, 0.15) is 5.57 Å². The van der Waals surface area contributed by atoms with Gasteiger partial charge in [-0.05, 0) is 66.6 Å². The average Bonchev–Trinajstić information content (AvgIpc) is 3.25. The second-order valence-corrected chi connectivity index (χ2v) is 7.13. The normalized spacial score (nSPS) is 15.2. The van der Waals surface area contributed by atoms with Crippen molar-refractivity contribution in [2.45, 2.75) is 13.3 Å². The average molecular weight is 429 g/mol. The molecule has 0 aliphatic carbocycles. The number of carboxylic acid groups (broad SMARTS) is 1. The first kappa shape index (κ1) is 20.8. The fraction of sp³-hybridized carbons (Fsp3) is 0.0833. The maximum atomic E-state index is 13.1. The first-order valence-corrected chi connectivity index (χ1v) is 9.90. The number of rotatable bonds is 5. The lowest BCUT2D eigenvalue weighted by atomic mass is 10.1. The number of imide groups is 2. The van der Waals surface area contributed by atoms with Crippen LogP contribution in [0.25, 0.3) is 11.8 Å². The molecule has 4 amide bonds. The van der Waals surface area contributed by atoms with Crippen molar-refractivity contribution in [1.82, 2.24) is 9.88 Å². The monoisotopic (exact) mass is 429 g/mol. The fourth-order valence-corrected chi connectivity index (χ4v) is 3.43. The molecule has 2 N–H and O–H groups in total. The van der Waals surface area contributed by atoms with E-state index in [0.717, 1.165) is 16.9 Å². The van der Waals surface area contributed by atoms with Crippen LogP contribution in [0.1, 0.15) is 28.5 Å². The third-order valence-electron chi connectivity index (χ3n) is 5.17. The predicted molar refractivity (Wildman–Crippen MR) is 118 cm³/mol. The van der Waals surface area contributed by atoms with Gasteiger partial charge in [0.25, 0.3) is 11.8 Å². The van der Waals surface area contributed by atoms with Crippen LogP contribution in [0.4, 0.5) is 10.5 Å². The second kappa shape index (κ2) is 8.35. The van der Waals surface area contributed by atoms with Gasteiger partial charge in [-0.25, -0.2) is 14.5 Å². The minimum absolute atomic E-state index is 0.144. The summed E-state index contributed by atoms with van der Waals surface area (Å²) in [6.45, 7) is 2.00. The molecule has 1 aromatic heterocycles. The van der Waals surface area contributed by atoms with Gasteiger partial charge in [0.05, 0.1) is 11.3 Å². The summed E-state index contributed by atoms with van der Waals surface area (Å²) in [5.41, 5.74) is 2.54. The summed E-state index contributed by atoms with van der Waals surface area (Å²) in [6.07, 6.45) is 3.94. The van der Waals surface area contributed by atoms with Crippen molar-refractivity contribution < 1.29 is 24.3 Å². The largest absolute Gasteiger partial charge is 0.478 e. The van der Waals surface area contributed by atoms with Gasteiger partial charge in [0.2, 0.25) is 0 Å². The third kappa shape index (κ3) is 3.81. The van der Waals surface area contributed by atoms with Crippen molar-refractivity contribution in [3.05, 3.63) is 89.3 Å². The maximum Gasteiger partial charge on any atom is 0.335 e. The molecule has 1 aliphatic heterocycles. The van der Waals surface area contributed by atoms with Crippen molar-refractivity contribution in [3.63, 3.8) is 0 Å². The van der Waals surface area contributed by atoms with Crippen LogP contribution in [0.2, 0.25) is 0 Å². The van der Waals surface area contributed by atoms with Crippen LogP contribution < -0.4 is 10.2 Å².